The first kappa shape index (κ1) is 20.9. The van der Waals surface area contributed by atoms with E-state index in [0.29, 0.717) is 23.7 Å². The summed E-state index contributed by atoms with van der Waals surface area (Å²) in [4.78, 5) is 28.1. The largest absolute Gasteiger partial charge is 0.394 e. The van der Waals surface area contributed by atoms with Gasteiger partial charge in [-0.3, -0.25) is 4.79 Å². The van der Waals surface area contributed by atoms with Crippen molar-refractivity contribution in [2.24, 2.45) is 0 Å². The minimum atomic E-state index is 0.0380. The average molecular weight is 430 g/mol. The Morgan fingerprint density at radius 3 is 2.60 bits per heavy atom. The van der Waals surface area contributed by atoms with Crippen molar-refractivity contribution >= 4 is 29.1 Å². The molecule has 3 heterocycles. The smallest absolute Gasteiger partial charge is 0.253 e. The summed E-state index contributed by atoms with van der Waals surface area (Å²) in [7, 11) is 0. The molecule has 2 aliphatic rings. The number of hydrogen-bond acceptors (Lipinski definition) is 6. The van der Waals surface area contributed by atoms with E-state index in [9.17, 15) is 9.90 Å². The lowest BCUT2D eigenvalue weighted by molar-refractivity contribution is 0.0767. The molecule has 2 fully saturated rings. The molecular weight excluding hydrogens is 402 g/mol. The molecular formula is C22H28ClN5O2. The minimum Gasteiger partial charge on any atom is -0.394 e. The standard InChI is InChI=1S/C22H28ClN5O2/c23-18-7-5-17(6-8-18)22(30)27-10-3-9-26(12-13-27)20-14-21(25-16-24-20)28-11-2-1-4-19(28)15-29/h5-8,14,16,19,29H,1-4,9-13,15H2. The highest BCUT2D eigenvalue weighted by Crippen LogP contribution is 2.25. The van der Waals surface area contributed by atoms with Crippen molar-refractivity contribution in [2.75, 3.05) is 49.1 Å². The number of carbonyl (C=O) groups excluding carboxylic acids is 1. The lowest BCUT2D eigenvalue weighted by Crippen LogP contribution is -2.42. The molecule has 1 aromatic carbocycles. The zero-order valence-corrected chi connectivity index (χ0v) is 17.8. The number of aliphatic hydroxyl groups is 1. The molecule has 0 saturated carbocycles. The van der Waals surface area contributed by atoms with Crippen LogP contribution < -0.4 is 9.80 Å². The van der Waals surface area contributed by atoms with Crippen LogP contribution in [0.5, 0.6) is 0 Å². The first-order chi connectivity index (χ1) is 14.7. The summed E-state index contributed by atoms with van der Waals surface area (Å²) in [6.07, 6.45) is 5.72. The Hall–Kier alpha value is -2.38. The van der Waals surface area contributed by atoms with Gasteiger partial charge in [0.1, 0.15) is 18.0 Å². The van der Waals surface area contributed by atoms with Gasteiger partial charge in [-0.15, -0.1) is 0 Å². The molecule has 0 radical (unpaired) electrons. The van der Waals surface area contributed by atoms with E-state index >= 15 is 0 Å². The van der Waals surface area contributed by atoms with Gasteiger partial charge >= 0.3 is 0 Å². The zero-order valence-electron chi connectivity index (χ0n) is 17.1. The Morgan fingerprint density at radius 2 is 1.80 bits per heavy atom. The van der Waals surface area contributed by atoms with Crippen molar-refractivity contribution in [1.29, 1.82) is 0 Å². The number of piperidine rings is 1. The number of aliphatic hydroxyl groups excluding tert-OH is 1. The molecule has 1 atom stereocenters. The van der Waals surface area contributed by atoms with Gasteiger partial charge < -0.3 is 19.8 Å². The van der Waals surface area contributed by atoms with Crippen molar-refractivity contribution in [3.05, 3.63) is 47.2 Å². The maximum absolute atomic E-state index is 12.8. The van der Waals surface area contributed by atoms with E-state index in [0.717, 1.165) is 57.0 Å². The van der Waals surface area contributed by atoms with E-state index in [1.54, 1.807) is 30.6 Å². The summed E-state index contributed by atoms with van der Waals surface area (Å²) < 4.78 is 0. The molecule has 2 saturated heterocycles. The SMILES string of the molecule is O=C(c1ccc(Cl)cc1)N1CCCN(c2cc(N3CCCCC3CO)ncn2)CC1. The highest BCUT2D eigenvalue weighted by molar-refractivity contribution is 6.30. The van der Waals surface area contributed by atoms with E-state index in [2.05, 4.69) is 19.8 Å². The number of carbonyl (C=O) groups is 1. The molecule has 1 unspecified atom stereocenters. The Kier molecular flexibility index (Phi) is 6.69. The van der Waals surface area contributed by atoms with Gasteiger partial charge in [0.25, 0.3) is 5.91 Å². The third-order valence-corrected chi connectivity index (χ3v) is 6.22. The van der Waals surface area contributed by atoms with Crippen LogP contribution in [0.2, 0.25) is 5.02 Å². The van der Waals surface area contributed by atoms with Crippen molar-refractivity contribution in [3.63, 3.8) is 0 Å². The van der Waals surface area contributed by atoms with Crippen LogP contribution in [0.25, 0.3) is 0 Å². The van der Waals surface area contributed by atoms with Crippen molar-refractivity contribution in [2.45, 2.75) is 31.7 Å². The van der Waals surface area contributed by atoms with E-state index in [1.807, 2.05) is 11.0 Å². The van der Waals surface area contributed by atoms with Gasteiger partial charge in [-0.2, -0.15) is 0 Å². The van der Waals surface area contributed by atoms with Gasteiger partial charge in [0.15, 0.2) is 0 Å². The molecule has 2 aromatic rings. The molecule has 30 heavy (non-hydrogen) atoms. The average Bonchev–Trinajstić information content (AvgIpc) is 3.05. The van der Waals surface area contributed by atoms with E-state index in [1.165, 1.54) is 0 Å². The molecule has 0 spiro atoms. The van der Waals surface area contributed by atoms with Gasteiger partial charge in [-0.1, -0.05) is 11.6 Å². The van der Waals surface area contributed by atoms with Crippen LogP contribution in [0.4, 0.5) is 11.6 Å². The molecule has 2 aliphatic heterocycles. The summed E-state index contributed by atoms with van der Waals surface area (Å²) in [6.45, 7) is 3.97. The normalized spacial score (nSPS) is 20.2. The second kappa shape index (κ2) is 9.62. The lowest BCUT2D eigenvalue weighted by atomic mass is 10.0. The number of amides is 1. The van der Waals surface area contributed by atoms with Crippen LogP contribution >= 0.6 is 11.6 Å². The fourth-order valence-corrected chi connectivity index (χ4v) is 4.41. The molecule has 8 heteroatoms. The van der Waals surface area contributed by atoms with Crippen molar-refractivity contribution in [3.8, 4) is 0 Å². The third kappa shape index (κ3) is 4.68. The maximum Gasteiger partial charge on any atom is 0.253 e. The molecule has 1 amide bonds. The molecule has 160 valence electrons. The van der Waals surface area contributed by atoms with Crippen LogP contribution in [0.3, 0.4) is 0 Å². The number of halogens is 1. The zero-order chi connectivity index (χ0) is 20.9. The van der Waals surface area contributed by atoms with Gasteiger partial charge in [-0.05, 0) is 49.9 Å². The second-order valence-electron chi connectivity index (χ2n) is 7.90. The predicted octanol–water partition coefficient (Wildman–Crippen LogP) is 2.83. The Morgan fingerprint density at radius 1 is 1.00 bits per heavy atom. The number of aromatic nitrogens is 2. The number of rotatable bonds is 4. The summed E-state index contributed by atoms with van der Waals surface area (Å²) in [5.41, 5.74) is 0.664. The van der Waals surface area contributed by atoms with Gasteiger partial charge in [-0.25, -0.2) is 9.97 Å². The maximum atomic E-state index is 12.8. The van der Waals surface area contributed by atoms with E-state index in [4.69, 9.17) is 11.6 Å². The monoisotopic (exact) mass is 429 g/mol. The highest BCUT2D eigenvalue weighted by atomic mass is 35.5. The van der Waals surface area contributed by atoms with Crippen molar-refractivity contribution in [1.82, 2.24) is 14.9 Å². The second-order valence-corrected chi connectivity index (χ2v) is 8.34. The first-order valence-corrected chi connectivity index (χ1v) is 11.0. The number of nitrogens with zero attached hydrogens (tertiary/aromatic N) is 5. The lowest BCUT2D eigenvalue weighted by Gasteiger charge is -2.36. The Bertz CT molecular complexity index is 863. The quantitative estimate of drug-likeness (QED) is 0.805. The van der Waals surface area contributed by atoms with Crippen LogP contribution in [-0.2, 0) is 0 Å². The van der Waals surface area contributed by atoms with Gasteiger partial charge in [0.05, 0.1) is 12.6 Å². The van der Waals surface area contributed by atoms with Crippen LogP contribution in [-0.4, -0.2) is 71.3 Å². The molecule has 0 aliphatic carbocycles. The summed E-state index contributed by atoms with van der Waals surface area (Å²) in [5.74, 6) is 1.79. The molecule has 0 bridgehead atoms. The Balaban J connectivity index is 1.44. The topological polar surface area (TPSA) is 72.8 Å². The number of benzene rings is 1. The molecule has 1 aromatic heterocycles. The predicted molar refractivity (Wildman–Crippen MR) is 118 cm³/mol. The Labute approximate surface area is 182 Å². The van der Waals surface area contributed by atoms with Gasteiger partial charge in [0, 0.05) is 49.4 Å². The van der Waals surface area contributed by atoms with Crippen LogP contribution in [0, 0.1) is 0 Å². The third-order valence-electron chi connectivity index (χ3n) is 5.97. The summed E-state index contributed by atoms with van der Waals surface area (Å²) in [5, 5.41) is 10.4. The van der Waals surface area contributed by atoms with E-state index in [-0.39, 0.29) is 18.6 Å². The van der Waals surface area contributed by atoms with Crippen LogP contribution in [0.1, 0.15) is 36.0 Å². The van der Waals surface area contributed by atoms with E-state index < -0.39 is 0 Å². The molecule has 1 N–H and O–H groups in total. The summed E-state index contributed by atoms with van der Waals surface area (Å²) >= 11 is 5.94. The van der Waals surface area contributed by atoms with Crippen molar-refractivity contribution < 1.29 is 9.90 Å². The fourth-order valence-electron chi connectivity index (χ4n) is 4.28. The molecule has 7 nitrogen and oxygen atoms in total. The first-order valence-electron chi connectivity index (χ1n) is 10.6. The van der Waals surface area contributed by atoms with Gasteiger partial charge in [0.2, 0.25) is 0 Å². The minimum absolute atomic E-state index is 0.0380. The highest BCUT2D eigenvalue weighted by Gasteiger charge is 2.25. The molecule has 4 rings (SSSR count). The van der Waals surface area contributed by atoms with Crippen LogP contribution in [0.15, 0.2) is 36.7 Å². The fraction of sp³-hybridized carbons (Fsp3) is 0.500. The number of anilines is 2. The summed E-state index contributed by atoms with van der Waals surface area (Å²) in [6, 6.07) is 9.20. The number of hydrogen-bond donors (Lipinski definition) is 1.